The maximum atomic E-state index is 4.75. The summed E-state index contributed by atoms with van der Waals surface area (Å²) in [6.07, 6.45) is 5.29. The van der Waals surface area contributed by atoms with Gasteiger partial charge >= 0.3 is 58.2 Å². The molecule has 0 amide bonds. The van der Waals surface area contributed by atoms with Gasteiger partial charge in [0.15, 0.2) is 0 Å². The van der Waals surface area contributed by atoms with E-state index in [0.717, 1.165) is 5.92 Å². The topological polar surface area (TPSA) is 17.3 Å². The molecule has 0 bridgehead atoms. The number of hydrogen-bond donors (Lipinski definition) is 0. The van der Waals surface area contributed by atoms with Crippen LogP contribution in [0, 0.1) is 5.92 Å². The van der Waals surface area contributed by atoms with E-state index in [2.05, 4.69) is 32.6 Å². The van der Waals surface area contributed by atoms with E-state index in [-0.39, 0.29) is 58.2 Å². The Labute approximate surface area is 157 Å². The molecule has 0 atom stereocenters. The van der Waals surface area contributed by atoms with Crippen molar-refractivity contribution in [2.24, 2.45) is 5.92 Å². The summed E-state index contributed by atoms with van der Waals surface area (Å²) in [5, 5.41) is 4.75. The van der Waals surface area contributed by atoms with Crippen molar-refractivity contribution >= 4 is 0 Å². The third-order valence-electron chi connectivity index (χ3n) is 3.32. The Morgan fingerprint density at radius 1 is 1.12 bits per heavy atom. The summed E-state index contributed by atoms with van der Waals surface area (Å²) < 4.78 is 0. The predicted octanol–water partition coefficient (Wildman–Crippen LogP) is 0.673. The van der Waals surface area contributed by atoms with Gasteiger partial charge in [0.1, 0.15) is 0 Å². The molecule has 1 saturated heterocycles. The fraction of sp³-hybridized carbons (Fsp3) is 1.00. The Hall–Kier alpha value is 1.73. The molecule has 2 nitrogen and oxygen atoms in total. The minimum absolute atomic E-state index is 0. The van der Waals surface area contributed by atoms with Crippen LogP contribution in [0.5, 0.6) is 0 Å². The molecule has 1 heterocycles. The zero-order chi connectivity index (χ0) is 12.0. The van der Waals surface area contributed by atoms with Crippen molar-refractivity contribution in [1.29, 1.82) is 0 Å². The van der Waals surface area contributed by atoms with Crippen molar-refractivity contribution in [2.75, 3.05) is 19.6 Å². The molecule has 0 aromatic carbocycles. The first kappa shape index (κ1) is 18.7. The van der Waals surface area contributed by atoms with Crippen LogP contribution in [0.3, 0.4) is 0 Å². The second-order valence-corrected chi connectivity index (χ2v) is 5.85. The van der Waals surface area contributed by atoms with E-state index in [1.165, 1.54) is 45.3 Å². The van der Waals surface area contributed by atoms with Crippen LogP contribution in [0.1, 0.15) is 53.4 Å². The molecule has 0 N–H and O–H groups in total. The molecule has 1 rings (SSSR count). The van der Waals surface area contributed by atoms with Gasteiger partial charge in [-0.1, -0.05) is 40.5 Å². The van der Waals surface area contributed by atoms with Crippen molar-refractivity contribution in [2.45, 2.75) is 65.5 Å². The van der Waals surface area contributed by atoms with Gasteiger partial charge in [0.25, 0.3) is 0 Å². The molecule has 17 heavy (non-hydrogen) atoms. The van der Waals surface area contributed by atoms with E-state index in [4.69, 9.17) is 5.32 Å². The van der Waals surface area contributed by atoms with Gasteiger partial charge in [0, 0.05) is 0 Å². The molecular formula is C14H29N2Rb. The number of piperidine rings is 1. The van der Waals surface area contributed by atoms with Crippen LogP contribution in [0.2, 0.25) is 0 Å². The van der Waals surface area contributed by atoms with Crippen LogP contribution in [0.4, 0.5) is 0 Å². The second kappa shape index (κ2) is 10.5. The van der Waals surface area contributed by atoms with Gasteiger partial charge < -0.3 is 10.2 Å². The number of rotatable bonds is 6. The van der Waals surface area contributed by atoms with Crippen LogP contribution in [-0.2, 0) is 0 Å². The maximum Gasteiger partial charge on any atom is 1.00 e. The minimum atomic E-state index is 0. The third kappa shape index (κ3) is 9.29. The molecule has 1 fully saturated rings. The molecule has 0 saturated carbocycles. The van der Waals surface area contributed by atoms with Crippen LogP contribution >= 0.6 is 0 Å². The van der Waals surface area contributed by atoms with Gasteiger partial charge in [-0.15, -0.1) is 12.1 Å². The molecule has 0 spiro atoms. The molecular weight excluding hydrogens is 282 g/mol. The summed E-state index contributed by atoms with van der Waals surface area (Å²) in [5.74, 6) is 0.855. The van der Waals surface area contributed by atoms with Gasteiger partial charge in [0.2, 0.25) is 0 Å². The summed E-state index contributed by atoms with van der Waals surface area (Å²) >= 11 is 0. The van der Waals surface area contributed by atoms with Crippen molar-refractivity contribution in [3.05, 3.63) is 5.32 Å². The summed E-state index contributed by atoms with van der Waals surface area (Å²) in [6, 6.07) is 1.15. The number of nitrogens with zero attached hydrogens (tertiary/aromatic N) is 2. The van der Waals surface area contributed by atoms with Gasteiger partial charge in [-0.3, -0.25) is 0 Å². The first-order valence-corrected chi connectivity index (χ1v) is 7.00. The Morgan fingerprint density at radius 2 is 1.71 bits per heavy atom. The molecule has 0 unspecified atom stereocenters. The monoisotopic (exact) mass is 310 g/mol. The molecule has 1 aliphatic heterocycles. The SMILES string of the molecule is CC(C)CCCN1CCC([N-]C(C)C)CC1.[Rb+]. The largest absolute Gasteiger partial charge is 1.00 e. The standard InChI is InChI=1S/C14H29N2.Rb/c1-12(2)6-5-9-16-10-7-14(8-11-16)15-13(3)4;/h12-14H,5-11H2,1-4H3;/q-1;+1. The summed E-state index contributed by atoms with van der Waals surface area (Å²) in [7, 11) is 0. The first-order valence-electron chi connectivity index (χ1n) is 7.00. The quantitative estimate of drug-likeness (QED) is 0.705. The summed E-state index contributed by atoms with van der Waals surface area (Å²) in [5.41, 5.74) is 0. The Balaban J connectivity index is 0.00000256. The smallest absolute Gasteiger partial charge is 0.657 e. The van der Waals surface area contributed by atoms with Gasteiger partial charge in [-0.05, 0) is 38.4 Å². The van der Waals surface area contributed by atoms with Crippen LogP contribution in [-0.4, -0.2) is 36.6 Å². The van der Waals surface area contributed by atoms with Gasteiger partial charge in [0.05, 0.1) is 0 Å². The van der Waals surface area contributed by atoms with E-state index in [0.29, 0.717) is 12.1 Å². The zero-order valence-electron chi connectivity index (χ0n) is 12.6. The summed E-state index contributed by atoms with van der Waals surface area (Å²) in [4.78, 5) is 2.62. The molecule has 0 aromatic heterocycles. The molecule has 0 aliphatic carbocycles. The van der Waals surface area contributed by atoms with Gasteiger partial charge in [-0.2, -0.15) is 0 Å². The normalized spacial score (nSPS) is 18.7. The zero-order valence-corrected chi connectivity index (χ0v) is 17.5. The van der Waals surface area contributed by atoms with Crippen molar-refractivity contribution < 1.29 is 58.2 Å². The van der Waals surface area contributed by atoms with Gasteiger partial charge in [-0.25, -0.2) is 0 Å². The average Bonchev–Trinajstić information content (AvgIpc) is 2.19. The van der Waals surface area contributed by atoms with E-state index in [1.807, 2.05) is 0 Å². The fourth-order valence-corrected chi connectivity index (χ4v) is 2.44. The summed E-state index contributed by atoms with van der Waals surface area (Å²) in [6.45, 7) is 12.8. The average molecular weight is 311 g/mol. The van der Waals surface area contributed by atoms with Crippen LogP contribution < -0.4 is 58.2 Å². The first-order chi connectivity index (χ1) is 7.58. The second-order valence-electron chi connectivity index (χ2n) is 5.85. The molecule has 0 radical (unpaired) electrons. The maximum absolute atomic E-state index is 4.75. The van der Waals surface area contributed by atoms with Crippen molar-refractivity contribution in [1.82, 2.24) is 4.90 Å². The Kier molecular flexibility index (Phi) is 11.6. The Morgan fingerprint density at radius 3 is 2.18 bits per heavy atom. The minimum Gasteiger partial charge on any atom is -0.657 e. The number of likely N-dealkylation sites (tertiary alicyclic amines) is 1. The van der Waals surface area contributed by atoms with E-state index in [9.17, 15) is 0 Å². The predicted molar refractivity (Wildman–Crippen MR) is 72.0 cm³/mol. The van der Waals surface area contributed by atoms with Crippen LogP contribution in [0.25, 0.3) is 5.32 Å². The van der Waals surface area contributed by atoms with Crippen molar-refractivity contribution in [3.8, 4) is 0 Å². The van der Waals surface area contributed by atoms with E-state index >= 15 is 0 Å². The molecule has 3 heteroatoms. The van der Waals surface area contributed by atoms with E-state index in [1.54, 1.807) is 0 Å². The Bertz CT molecular complexity index is 175. The molecule has 0 aromatic rings. The van der Waals surface area contributed by atoms with Crippen molar-refractivity contribution in [3.63, 3.8) is 0 Å². The van der Waals surface area contributed by atoms with E-state index < -0.39 is 0 Å². The number of hydrogen-bond acceptors (Lipinski definition) is 1. The van der Waals surface area contributed by atoms with Crippen LogP contribution in [0.15, 0.2) is 0 Å². The fourth-order valence-electron chi connectivity index (χ4n) is 2.44. The third-order valence-corrected chi connectivity index (χ3v) is 3.32. The molecule has 96 valence electrons. The molecule has 1 aliphatic rings.